The molecule has 0 N–H and O–H groups in total. The molecule has 19 heavy (non-hydrogen) atoms. The molecular formula is C15H8BrIO2. The van der Waals surface area contributed by atoms with E-state index in [9.17, 15) is 4.79 Å². The van der Waals surface area contributed by atoms with Crippen LogP contribution in [0.5, 0.6) is 0 Å². The van der Waals surface area contributed by atoms with Crippen molar-refractivity contribution in [2.24, 2.45) is 0 Å². The van der Waals surface area contributed by atoms with Gasteiger partial charge in [0.25, 0.3) is 0 Å². The number of rotatable bonds is 0. The number of carbonyl (C=O) groups is 1. The molecule has 4 heteroatoms. The fraction of sp³-hybridized carbons (Fsp3) is 0. The summed E-state index contributed by atoms with van der Waals surface area (Å²) in [6, 6.07) is 15.3. The first-order valence-electron chi connectivity index (χ1n) is 5.53. The second-order valence-corrected chi connectivity index (χ2v) is 8.30. The summed E-state index contributed by atoms with van der Waals surface area (Å²) in [6.07, 6.45) is 0. The van der Waals surface area contributed by atoms with E-state index in [0.29, 0.717) is 5.56 Å². The van der Waals surface area contributed by atoms with Crippen LogP contribution in [-0.2, 0) is 3.07 Å². The predicted molar refractivity (Wildman–Crippen MR) is 85.6 cm³/mol. The van der Waals surface area contributed by atoms with Crippen molar-refractivity contribution in [3.05, 3.63) is 67.7 Å². The molecule has 2 aromatic carbocycles. The van der Waals surface area contributed by atoms with E-state index in [-0.39, 0.29) is 5.97 Å². The van der Waals surface area contributed by atoms with E-state index >= 15 is 0 Å². The maximum atomic E-state index is 11.7. The molecule has 0 amide bonds. The van der Waals surface area contributed by atoms with Gasteiger partial charge in [0.05, 0.1) is 0 Å². The molecule has 94 valence electrons. The van der Waals surface area contributed by atoms with E-state index in [1.165, 1.54) is 0 Å². The average molecular weight is 427 g/mol. The van der Waals surface area contributed by atoms with Gasteiger partial charge in [0.2, 0.25) is 0 Å². The number of halogens is 2. The van der Waals surface area contributed by atoms with Crippen LogP contribution in [0.4, 0.5) is 0 Å². The van der Waals surface area contributed by atoms with Crippen LogP contribution in [-0.4, -0.2) is 5.97 Å². The molecular weight excluding hydrogens is 419 g/mol. The van der Waals surface area contributed by atoms with Crippen molar-refractivity contribution in [1.82, 2.24) is 0 Å². The second kappa shape index (κ2) is 5.35. The van der Waals surface area contributed by atoms with Crippen molar-refractivity contribution in [2.45, 2.75) is 0 Å². The summed E-state index contributed by atoms with van der Waals surface area (Å²) in [5.74, 6) is 2.87. The van der Waals surface area contributed by atoms with Crippen LogP contribution in [0.25, 0.3) is 0 Å². The zero-order valence-corrected chi connectivity index (χ0v) is 13.4. The molecule has 0 aromatic heterocycles. The van der Waals surface area contributed by atoms with E-state index in [4.69, 9.17) is 3.07 Å². The summed E-state index contributed by atoms with van der Waals surface area (Å²) in [5, 5.41) is 0. The Hall–Kier alpha value is -1.32. The molecule has 0 atom stereocenters. The Bertz CT molecular complexity index is 698. The third-order valence-electron chi connectivity index (χ3n) is 2.55. The summed E-state index contributed by atoms with van der Waals surface area (Å²) in [5.41, 5.74) is 1.61. The zero-order chi connectivity index (χ0) is 13.2. The van der Waals surface area contributed by atoms with Gasteiger partial charge in [-0.05, 0) is 0 Å². The Kier molecular flexibility index (Phi) is 3.58. The van der Waals surface area contributed by atoms with Gasteiger partial charge < -0.3 is 0 Å². The molecule has 2 nitrogen and oxygen atoms in total. The van der Waals surface area contributed by atoms with Gasteiger partial charge in [-0.3, -0.25) is 0 Å². The molecule has 1 aliphatic heterocycles. The Morgan fingerprint density at radius 2 is 1.79 bits per heavy atom. The number of hydrogen-bond acceptors (Lipinski definition) is 2. The van der Waals surface area contributed by atoms with Gasteiger partial charge in [0, 0.05) is 0 Å². The molecule has 0 aliphatic carbocycles. The van der Waals surface area contributed by atoms with Crippen LogP contribution in [0.3, 0.4) is 0 Å². The molecule has 3 rings (SSSR count). The summed E-state index contributed by atoms with van der Waals surface area (Å²) in [4.78, 5) is 11.7. The number of hydrogen-bond donors (Lipinski definition) is 0. The van der Waals surface area contributed by atoms with E-state index in [1.54, 1.807) is 6.07 Å². The minimum atomic E-state index is -2.13. The van der Waals surface area contributed by atoms with Crippen molar-refractivity contribution in [3.8, 4) is 9.85 Å². The van der Waals surface area contributed by atoms with Gasteiger partial charge in [0.15, 0.2) is 0 Å². The van der Waals surface area contributed by atoms with Crippen molar-refractivity contribution in [2.75, 3.05) is 0 Å². The molecule has 0 fully saturated rings. The minimum absolute atomic E-state index is 0.231. The molecule has 0 bridgehead atoms. The molecule has 0 saturated carbocycles. The van der Waals surface area contributed by atoms with Gasteiger partial charge >= 0.3 is 128 Å². The van der Waals surface area contributed by atoms with Gasteiger partial charge in [-0.1, -0.05) is 0 Å². The monoisotopic (exact) mass is 426 g/mol. The van der Waals surface area contributed by atoms with Crippen molar-refractivity contribution in [3.63, 3.8) is 0 Å². The number of benzene rings is 2. The Morgan fingerprint density at radius 3 is 2.58 bits per heavy atom. The summed E-state index contributed by atoms with van der Waals surface area (Å²) >= 11 is 1.25. The van der Waals surface area contributed by atoms with E-state index in [0.717, 1.165) is 13.6 Å². The Balaban J connectivity index is 1.90. The van der Waals surface area contributed by atoms with Crippen LogP contribution in [0.2, 0.25) is 0 Å². The molecule has 0 radical (unpaired) electrons. The first-order valence-corrected chi connectivity index (χ1v) is 9.36. The quantitative estimate of drug-likeness (QED) is 0.465. The third kappa shape index (κ3) is 2.67. The van der Waals surface area contributed by atoms with E-state index < -0.39 is 20.2 Å². The molecule has 2 aromatic rings. The van der Waals surface area contributed by atoms with Crippen molar-refractivity contribution < 1.29 is 7.86 Å². The van der Waals surface area contributed by atoms with Gasteiger partial charge in [-0.2, -0.15) is 0 Å². The normalized spacial score (nSPS) is 14.4. The first-order chi connectivity index (χ1) is 9.24. The van der Waals surface area contributed by atoms with Crippen molar-refractivity contribution >= 4 is 42.1 Å². The fourth-order valence-corrected chi connectivity index (χ4v) is 5.19. The number of fused-ring (bicyclic) bond motifs is 1. The topological polar surface area (TPSA) is 26.3 Å². The summed E-state index contributed by atoms with van der Waals surface area (Å²) < 4.78 is 10.6. The standard InChI is InChI=1S/C15H8BrIO2/c16-12-7-5-11(6-8-12)9-10-17-14-4-2-1-3-13(14)15(18)19-17/h1-8H. The summed E-state index contributed by atoms with van der Waals surface area (Å²) in [6.45, 7) is 0. The SMILES string of the molecule is O=C1OI(C#Cc2ccc(Br)cc2)c2ccccc21. The predicted octanol–water partition coefficient (Wildman–Crippen LogP) is 4.22. The van der Waals surface area contributed by atoms with Crippen LogP contribution >= 0.6 is 36.2 Å². The first kappa shape index (κ1) is 12.7. The molecule has 0 spiro atoms. The molecule has 0 unspecified atom stereocenters. The van der Waals surface area contributed by atoms with Crippen LogP contribution in [0, 0.1) is 13.4 Å². The zero-order valence-electron chi connectivity index (χ0n) is 9.69. The van der Waals surface area contributed by atoms with Gasteiger partial charge in [0.1, 0.15) is 0 Å². The van der Waals surface area contributed by atoms with Crippen LogP contribution in [0.15, 0.2) is 53.0 Å². The maximum absolute atomic E-state index is 11.7. The third-order valence-corrected chi connectivity index (χ3v) is 6.67. The second-order valence-electron chi connectivity index (χ2n) is 3.82. The van der Waals surface area contributed by atoms with E-state index in [1.807, 2.05) is 42.5 Å². The summed E-state index contributed by atoms with van der Waals surface area (Å²) in [7, 11) is 0. The molecule has 1 heterocycles. The number of carbonyl (C=O) groups excluding carboxylic acids is 1. The van der Waals surface area contributed by atoms with Crippen molar-refractivity contribution in [1.29, 1.82) is 0 Å². The average Bonchev–Trinajstić information content (AvgIpc) is 2.76. The molecule has 0 saturated heterocycles. The van der Waals surface area contributed by atoms with Gasteiger partial charge in [-0.15, -0.1) is 0 Å². The Morgan fingerprint density at radius 1 is 1.05 bits per heavy atom. The fourth-order valence-electron chi connectivity index (χ4n) is 1.63. The molecule has 1 aliphatic rings. The van der Waals surface area contributed by atoms with Gasteiger partial charge in [-0.25, -0.2) is 0 Å². The van der Waals surface area contributed by atoms with Crippen LogP contribution < -0.4 is 0 Å². The van der Waals surface area contributed by atoms with Crippen LogP contribution in [0.1, 0.15) is 15.9 Å². The Labute approximate surface area is 127 Å². The van der Waals surface area contributed by atoms with E-state index in [2.05, 4.69) is 25.8 Å².